The summed E-state index contributed by atoms with van der Waals surface area (Å²) in [6.45, 7) is 11.5. The van der Waals surface area contributed by atoms with E-state index in [-0.39, 0.29) is 18.0 Å². The van der Waals surface area contributed by atoms with Crippen molar-refractivity contribution in [2.45, 2.75) is 32.9 Å². The number of rotatable bonds is 6. The lowest BCUT2D eigenvalue weighted by molar-refractivity contribution is -1.02. The summed E-state index contributed by atoms with van der Waals surface area (Å²) in [6, 6.07) is 10.7. The second-order valence-electron chi connectivity index (χ2n) is 6.81. The second kappa shape index (κ2) is 8.85. The van der Waals surface area contributed by atoms with Crippen LogP contribution in [0.3, 0.4) is 0 Å². The zero-order valence-electron chi connectivity index (χ0n) is 14.6. The van der Waals surface area contributed by atoms with E-state index < -0.39 is 0 Å². The quantitative estimate of drug-likeness (QED) is 0.644. The van der Waals surface area contributed by atoms with E-state index in [4.69, 9.17) is 0 Å². The Bertz CT molecular complexity index is 505. The highest BCUT2D eigenvalue weighted by molar-refractivity contribution is 5.80. The molecule has 1 heterocycles. The highest BCUT2D eigenvalue weighted by Crippen LogP contribution is 1.99. The van der Waals surface area contributed by atoms with Gasteiger partial charge in [-0.1, -0.05) is 36.4 Å². The fourth-order valence-electron chi connectivity index (χ4n) is 3.08. The normalized spacial score (nSPS) is 23.1. The van der Waals surface area contributed by atoms with Crippen LogP contribution in [0.5, 0.6) is 0 Å². The summed E-state index contributed by atoms with van der Waals surface area (Å²) in [5, 5.41) is 3.03. The molecule has 0 bridgehead atoms. The van der Waals surface area contributed by atoms with Gasteiger partial charge < -0.3 is 15.1 Å². The van der Waals surface area contributed by atoms with Gasteiger partial charge in [0, 0.05) is 6.04 Å². The Morgan fingerprint density at radius 2 is 1.78 bits per heavy atom. The fourth-order valence-corrected chi connectivity index (χ4v) is 3.08. The minimum atomic E-state index is 0.0545. The van der Waals surface area contributed by atoms with Gasteiger partial charge in [-0.25, -0.2) is 0 Å². The highest BCUT2D eigenvalue weighted by Gasteiger charge is 2.30. The van der Waals surface area contributed by atoms with Crippen LogP contribution in [0.1, 0.15) is 26.3 Å². The van der Waals surface area contributed by atoms with Gasteiger partial charge in [0.15, 0.2) is 6.04 Å². The Morgan fingerprint density at radius 1 is 1.13 bits per heavy atom. The molecular formula is C19H31N3O+2. The molecular weight excluding hydrogens is 286 g/mol. The zero-order chi connectivity index (χ0) is 16.7. The number of benzene rings is 1. The number of hydrogen-bond acceptors (Lipinski definition) is 1. The van der Waals surface area contributed by atoms with Crippen molar-refractivity contribution in [3.63, 3.8) is 0 Å². The monoisotopic (exact) mass is 317 g/mol. The predicted molar refractivity (Wildman–Crippen MR) is 94.5 cm³/mol. The predicted octanol–water partition coefficient (Wildman–Crippen LogP) is -0.604. The molecule has 1 amide bonds. The summed E-state index contributed by atoms with van der Waals surface area (Å²) in [5.74, 6) is 0.183. The molecule has 4 nitrogen and oxygen atoms in total. The van der Waals surface area contributed by atoms with Gasteiger partial charge in [0.2, 0.25) is 0 Å². The molecule has 1 fully saturated rings. The van der Waals surface area contributed by atoms with Crippen LogP contribution in [0.25, 0.3) is 6.08 Å². The maximum absolute atomic E-state index is 12.1. The van der Waals surface area contributed by atoms with Gasteiger partial charge in [0.25, 0.3) is 5.91 Å². The van der Waals surface area contributed by atoms with E-state index >= 15 is 0 Å². The number of quaternary nitrogens is 2. The van der Waals surface area contributed by atoms with Crippen LogP contribution in [0.4, 0.5) is 0 Å². The summed E-state index contributed by atoms with van der Waals surface area (Å²) < 4.78 is 0. The Balaban J connectivity index is 1.73. The molecule has 126 valence electrons. The van der Waals surface area contributed by atoms with Crippen LogP contribution < -0.4 is 15.1 Å². The van der Waals surface area contributed by atoms with Gasteiger partial charge in [0.1, 0.15) is 26.2 Å². The van der Waals surface area contributed by atoms with Crippen molar-refractivity contribution in [1.82, 2.24) is 5.32 Å². The van der Waals surface area contributed by atoms with Gasteiger partial charge in [0.05, 0.1) is 6.54 Å². The lowest BCUT2D eigenvalue weighted by Gasteiger charge is -2.32. The summed E-state index contributed by atoms with van der Waals surface area (Å²) in [5.41, 5.74) is 1.26. The molecule has 1 saturated heterocycles. The number of piperazine rings is 1. The van der Waals surface area contributed by atoms with Crippen molar-refractivity contribution in [2.75, 3.05) is 32.7 Å². The number of hydrogen-bond donors (Lipinski definition) is 3. The minimum Gasteiger partial charge on any atom is -0.349 e. The maximum atomic E-state index is 12.1. The van der Waals surface area contributed by atoms with E-state index in [1.54, 1.807) is 4.90 Å². The first-order valence-corrected chi connectivity index (χ1v) is 8.76. The van der Waals surface area contributed by atoms with Crippen molar-refractivity contribution >= 4 is 12.0 Å². The molecule has 0 radical (unpaired) electrons. The maximum Gasteiger partial charge on any atom is 0.278 e. The lowest BCUT2D eigenvalue weighted by Crippen LogP contribution is -3.30. The zero-order valence-corrected chi connectivity index (χ0v) is 14.6. The van der Waals surface area contributed by atoms with Gasteiger partial charge in [-0.05, 0) is 32.4 Å². The molecule has 0 aliphatic carbocycles. The van der Waals surface area contributed by atoms with Gasteiger partial charge >= 0.3 is 0 Å². The van der Waals surface area contributed by atoms with Gasteiger partial charge in [-0.3, -0.25) is 4.79 Å². The Labute approximate surface area is 140 Å². The fraction of sp³-hybridized carbons (Fsp3) is 0.526. The van der Waals surface area contributed by atoms with E-state index in [1.165, 1.54) is 10.5 Å². The Kier molecular flexibility index (Phi) is 6.81. The summed E-state index contributed by atoms with van der Waals surface area (Å²) in [4.78, 5) is 15.1. The molecule has 0 spiro atoms. The number of amides is 1. The van der Waals surface area contributed by atoms with Crippen LogP contribution >= 0.6 is 0 Å². The molecule has 1 aromatic rings. The van der Waals surface area contributed by atoms with Crippen molar-refractivity contribution in [3.8, 4) is 0 Å². The third-order valence-corrected chi connectivity index (χ3v) is 4.55. The molecule has 0 unspecified atom stereocenters. The molecule has 1 aliphatic rings. The van der Waals surface area contributed by atoms with E-state index in [2.05, 4.69) is 41.7 Å². The first-order chi connectivity index (χ1) is 11.1. The van der Waals surface area contributed by atoms with Crippen LogP contribution in [-0.4, -0.2) is 50.7 Å². The molecule has 1 atom stereocenters. The second-order valence-corrected chi connectivity index (χ2v) is 6.81. The van der Waals surface area contributed by atoms with Crippen LogP contribution in [0, 0.1) is 0 Å². The Morgan fingerprint density at radius 3 is 2.39 bits per heavy atom. The first-order valence-electron chi connectivity index (χ1n) is 8.76. The summed E-state index contributed by atoms with van der Waals surface area (Å²) >= 11 is 0. The average Bonchev–Trinajstić information content (AvgIpc) is 2.55. The molecule has 0 aromatic heterocycles. The van der Waals surface area contributed by atoms with Gasteiger partial charge in [-0.15, -0.1) is 0 Å². The molecule has 1 aliphatic heterocycles. The summed E-state index contributed by atoms with van der Waals surface area (Å²) in [6.07, 6.45) is 4.47. The third kappa shape index (κ3) is 5.81. The first kappa shape index (κ1) is 17.7. The van der Waals surface area contributed by atoms with Crippen molar-refractivity contribution in [1.29, 1.82) is 0 Å². The van der Waals surface area contributed by atoms with Crippen LogP contribution in [0.2, 0.25) is 0 Å². The Hall–Kier alpha value is -1.65. The van der Waals surface area contributed by atoms with E-state index in [0.29, 0.717) is 0 Å². The number of carbonyl (C=O) groups excluding carboxylic acids is 1. The van der Waals surface area contributed by atoms with Crippen molar-refractivity contribution < 1.29 is 14.6 Å². The topological polar surface area (TPSA) is 38.0 Å². The minimum absolute atomic E-state index is 0.0545. The van der Waals surface area contributed by atoms with Crippen molar-refractivity contribution in [2.24, 2.45) is 0 Å². The molecule has 1 aromatic carbocycles. The van der Waals surface area contributed by atoms with Crippen LogP contribution in [0.15, 0.2) is 36.4 Å². The molecule has 0 saturated carbocycles. The molecule has 2 rings (SSSR count). The average molecular weight is 317 g/mol. The number of carbonyl (C=O) groups is 1. The lowest BCUT2D eigenvalue weighted by atomic mass is 10.2. The van der Waals surface area contributed by atoms with Crippen LogP contribution in [-0.2, 0) is 4.79 Å². The number of nitrogens with one attached hydrogen (secondary N) is 3. The van der Waals surface area contributed by atoms with Crippen molar-refractivity contribution in [3.05, 3.63) is 42.0 Å². The highest BCUT2D eigenvalue weighted by atomic mass is 16.2. The molecule has 3 N–H and O–H groups in total. The standard InChI is InChI=1S/C19H29N3O/c1-16(2)20-19(23)17(3)22-14-12-21(13-15-22)11-7-10-18-8-5-4-6-9-18/h4-10,16-17H,11-15H2,1-3H3,(H,20,23)/p+2/b10-7+/t17-/m1/s1. The smallest absolute Gasteiger partial charge is 0.278 e. The van der Waals surface area contributed by atoms with Gasteiger partial charge in [-0.2, -0.15) is 0 Å². The molecule has 23 heavy (non-hydrogen) atoms. The largest absolute Gasteiger partial charge is 0.349 e. The van der Waals surface area contributed by atoms with E-state index in [9.17, 15) is 4.79 Å². The summed E-state index contributed by atoms with van der Waals surface area (Å²) in [7, 11) is 0. The third-order valence-electron chi connectivity index (χ3n) is 4.55. The van der Waals surface area contributed by atoms with E-state index in [1.807, 2.05) is 26.8 Å². The SMILES string of the molecule is CC(C)NC(=O)[C@@H](C)[NH+]1CC[NH+](C/C=C/c2ccccc2)CC1. The molecule has 4 heteroatoms. The van der Waals surface area contributed by atoms with E-state index in [0.717, 1.165) is 32.7 Å².